The number of nitrogens with zero attached hydrogens (tertiary/aromatic N) is 3. The number of guanidine groups is 1. The molecule has 6 heteroatoms. The maximum Gasteiger partial charge on any atom is 0.191 e. The normalized spacial score (nSPS) is 21.5. The molecule has 28 heavy (non-hydrogen) atoms. The topological polar surface area (TPSA) is 42.9 Å². The molecule has 2 unspecified atom stereocenters. The van der Waals surface area contributed by atoms with Crippen LogP contribution in [0.15, 0.2) is 22.5 Å². The number of hydrogen-bond acceptors (Lipinski definition) is 4. The smallest absolute Gasteiger partial charge is 0.191 e. The first kappa shape index (κ1) is 23.2. The second-order valence-corrected chi connectivity index (χ2v) is 9.25. The lowest BCUT2D eigenvalue weighted by Gasteiger charge is -2.38. The molecule has 5 nitrogen and oxygen atoms in total. The van der Waals surface area contributed by atoms with Gasteiger partial charge in [0.15, 0.2) is 5.96 Å². The highest BCUT2D eigenvalue weighted by atomic mass is 32.1. The Morgan fingerprint density at radius 2 is 2.18 bits per heavy atom. The van der Waals surface area contributed by atoms with Gasteiger partial charge in [-0.3, -0.25) is 9.89 Å². The van der Waals surface area contributed by atoms with E-state index in [-0.39, 0.29) is 0 Å². The van der Waals surface area contributed by atoms with Crippen LogP contribution >= 0.6 is 11.3 Å². The van der Waals surface area contributed by atoms with Gasteiger partial charge in [-0.15, -0.1) is 11.3 Å². The third-order valence-electron chi connectivity index (χ3n) is 5.78. The molecule has 0 radical (unpaired) electrons. The van der Waals surface area contributed by atoms with Crippen molar-refractivity contribution in [2.75, 3.05) is 46.8 Å². The van der Waals surface area contributed by atoms with Crippen molar-refractivity contribution >= 4 is 17.3 Å². The van der Waals surface area contributed by atoms with Gasteiger partial charge in [0.2, 0.25) is 0 Å². The van der Waals surface area contributed by atoms with E-state index in [1.807, 2.05) is 11.3 Å². The lowest BCUT2D eigenvalue weighted by Crippen LogP contribution is -2.40. The van der Waals surface area contributed by atoms with Gasteiger partial charge >= 0.3 is 0 Å². The summed E-state index contributed by atoms with van der Waals surface area (Å²) in [4.78, 5) is 11.4. The molecular formula is C22H41N5S. The molecule has 1 saturated heterocycles. The maximum atomic E-state index is 4.95. The fourth-order valence-electron chi connectivity index (χ4n) is 3.86. The number of rotatable bonds is 10. The van der Waals surface area contributed by atoms with Crippen LogP contribution in [0.2, 0.25) is 0 Å². The average Bonchev–Trinajstić information content (AvgIpc) is 3.19. The Labute approximate surface area is 176 Å². The predicted octanol–water partition coefficient (Wildman–Crippen LogP) is 3.81. The highest BCUT2D eigenvalue weighted by molar-refractivity contribution is 7.10. The van der Waals surface area contributed by atoms with Gasteiger partial charge in [-0.05, 0) is 91.0 Å². The maximum absolute atomic E-state index is 4.95. The Kier molecular flexibility index (Phi) is 10.3. The van der Waals surface area contributed by atoms with Crippen molar-refractivity contribution < 1.29 is 0 Å². The molecule has 0 saturated carbocycles. The van der Waals surface area contributed by atoms with Crippen LogP contribution in [0.5, 0.6) is 0 Å². The Hall–Kier alpha value is -1.11. The van der Waals surface area contributed by atoms with Gasteiger partial charge in [0, 0.05) is 36.6 Å². The van der Waals surface area contributed by atoms with Crippen LogP contribution in [0.1, 0.15) is 57.4 Å². The zero-order valence-electron chi connectivity index (χ0n) is 18.6. The summed E-state index contributed by atoms with van der Waals surface area (Å²) in [6.07, 6.45) is 4.92. The van der Waals surface area contributed by atoms with E-state index < -0.39 is 0 Å². The van der Waals surface area contributed by atoms with Crippen LogP contribution in [0.4, 0.5) is 0 Å². The molecule has 2 N–H and O–H groups in total. The quantitative estimate of drug-likeness (QED) is 0.352. The van der Waals surface area contributed by atoms with Crippen LogP contribution in [0.3, 0.4) is 0 Å². The van der Waals surface area contributed by atoms with Crippen molar-refractivity contribution in [3.8, 4) is 0 Å². The lowest BCUT2D eigenvalue weighted by molar-refractivity contribution is 0.128. The first-order valence-corrected chi connectivity index (χ1v) is 11.9. The molecule has 0 spiro atoms. The molecule has 1 aromatic heterocycles. The largest absolute Gasteiger partial charge is 0.357 e. The molecule has 1 aromatic rings. The zero-order chi connectivity index (χ0) is 20.4. The van der Waals surface area contributed by atoms with Gasteiger partial charge in [0.1, 0.15) is 0 Å². The highest BCUT2D eigenvalue weighted by Crippen LogP contribution is 2.37. The number of unbranched alkanes of at least 4 members (excludes halogenated alkanes) is 1. The molecule has 0 aromatic carbocycles. The summed E-state index contributed by atoms with van der Waals surface area (Å²) in [6.45, 7) is 11.8. The van der Waals surface area contributed by atoms with E-state index in [1.54, 1.807) is 0 Å². The van der Waals surface area contributed by atoms with E-state index in [0.29, 0.717) is 18.0 Å². The van der Waals surface area contributed by atoms with E-state index in [9.17, 15) is 0 Å². The fraction of sp³-hybridized carbons (Fsp3) is 0.773. The summed E-state index contributed by atoms with van der Waals surface area (Å²) in [7, 11) is 4.46. The van der Waals surface area contributed by atoms with Crippen molar-refractivity contribution in [3.63, 3.8) is 0 Å². The average molecular weight is 408 g/mol. The second-order valence-electron chi connectivity index (χ2n) is 8.27. The third-order valence-corrected chi connectivity index (χ3v) is 6.72. The Morgan fingerprint density at radius 3 is 2.86 bits per heavy atom. The zero-order valence-corrected chi connectivity index (χ0v) is 19.4. The SMILES string of the molecule is CCNC(=NCC1CCCN(C)C1c1cccs1)NCCCCN(C)C(C)C. The number of likely N-dealkylation sites (tertiary alicyclic amines) is 1. The summed E-state index contributed by atoms with van der Waals surface area (Å²) in [5.74, 6) is 1.56. The van der Waals surface area contributed by atoms with E-state index >= 15 is 0 Å². The first-order valence-electron chi connectivity index (χ1n) is 11.0. The van der Waals surface area contributed by atoms with Crippen molar-refractivity contribution in [1.82, 2.24) is 20.4 Å². The summed E-state index contributed by atoms with van der Waals surface area (Å²) >= 11 is 1.88. The first-order chi connectivity index (χ1) is 13.5. The van der Waals surface area contributed by atoms with E-state index in [4.69, 9.17) is 4.99 Å². The molecule has 1 fully saturated rings. The van der Waals surface area contributed by atoms with Crippen LogP contribution in [-0.4, -0.2) is 68.6 Å². The number of piperidine rings is 1. The number of hydrogen-bond donors (Lipinski definition) is 2. The molecule has 1 aliphatic heterocycles. The Balaban J connectivity index is 1.84. The molecular weight excluding hydrogens is 366 g/mol. The van der Waals surface area contributed by atoms with Crippen molar-refractivity contribution in [3.05, 3.63) is 22.4 Å². The molecule has 1 aliphatic rings. The predicted molar refractivity (Wildman–Crippen MR) is 123 cm³/mol. The Bertz CT molecular complexity index is 557. The van der Waals surface area contributed by atoms with Gasteiger partial charge < -0.3 is 15.5 Å². The van der Waals surface area contributed by atoms with Gasteiger partial charge in [0.25, 0.3) is 0 Å². The minimum Gasteiger partial charge on any atom is -0.357 e. The van der Waals surface area contributed by atoms with Gasteiger partial charge in [0.05, 0.1) is 0 Å². The van der Waals surface area contributed by atoms with Crippen LogP contribution in [0, 0.1) is 5.92 Å². The van der Waals surface area contributed by atoms with Gasteiger partial charge in [-0.2, -0.15) is 0 Å². The number of thiophene rings is 1. The lowest BCUT2D eigenvalue weighted by atomic mass is 9.88. The van der Waals surface area contributed by atoms with E-state index in [0.717, 1.165) is 32.1 Å². The highest BCUT2D eigenvalue weighted by Gasteiger charge is 2.31. The van der Waals surface area contributed by atoms with Crippen LogP contribution in [0.25, 0.3) is 0 Å². The van der Waals surface area contributed by atoms with Gasteiger partial charge in [-0.25, -0.2) is 0 Å². The molecule has 0 amide bonds. The summed E-state index contributed by atoms with van der Waals surface area (Å²) in [6, 6.07) is 5.58. The molecule has 0 bridgehead atoms. The monoisotopic (exact) mass is 407 g/mol. The number of nitrogens with one attached hydrogen (secondary N) is 2. The Morgan fingerprint density at radius 1 is 1.36 bits per heavy atom. The minimum atomic E-state index is 0.506. The second kappa shape index (κ2) is 12.5. The third kappa shape index (κ3) is 7.37. The van der Waals surface area contributed by atoms with Crippen LogP contribution < -0.4 is 10.6 Å². The molecule has 0 aliphatic carbocycles. The van der Waals surface area contributed by atoms with Crippen molar-refractivity contribution in [2.45, 2.75) is 58.5 Å². The molecule has 2 heterocycles. The number of aliphatic imine (C=N–C) groups is 1. The van der Waals surface area contributed by atoms with Crippen LogP contribution in [-0.2, 0) is 0 Å². The van der Waals surface area contributed by atoms with Crippen molar-refractivity contribution in [2.24, 2.45) is 10.9 Å². The van der Waals surface area contributed by atoms with Gasteiger partial charge in [-0.1, -0.05) is 6.07 Å². The minimum absolute atomic E-state index is 0.506. The van der Waals surface area contributed by atoms with E-state index in [1.165, 1.54) is 37.1 Å². The standard InChI is InChI=1S/C22H41N5S/c1-6-23-22(24-13-7-8-14-26(4)18(2)3)25-17-19-11-9-15-27(5)21(19)20-12-10-16-28-20/h10,12,16,18-19,21H,6-9,11,13-15,17H2,1-5H3,(H2,23,24,25). The summed E-state index contributed by atoms with van der Waals surface area (Å²) < 4.78 is 0. The molecule has 160 valence electrons. The summed E-state index contributed by atoms with van der Waals surface area (Å²) in [5.41, 5.74) is 0. The van der Waals surface area contributed by atoms with E-state index in [2.05, 4.69) is 72.8 Å². The molecule has 2 atom stereocenters. The summed E-state index contributed by atoms with van der Waals surface area (Å²) in [5, 5.41) is 9.15. The fourth-order valence-corrected chi connectivity index (χ4v) is 4.84. The van der Waals surface area contributed by atoms with Crippen molar-refractivity contribution in [1.29, 1.82) is 0 Å². The molecule has 2 rings (SSSR count).